The largest absolute Gasteiger partial charge is 0.280 e. The lowest BCUT2D eigenvalue weighted by atomic mass is 10.2. The van der Waals surface area contributed by atoms with Crippen molar-refractivity contribution >= 4 is 60.7 Å². The summed E-state index contributed by atoms with van der Waals surface area (Å²) in [7, 11) is -8.00. The highest BCUT2D eigenvalue weighted by Crippen LogP contribution is 2.29. The SMILES string of the molecule is O=S(=O)(C=Cc1ccccc1)Nc1ccc(Cl)c(S(=O)(=O)Nc2ccccc2Cl)c1. The second-order valence-electron chi connectivity index (χ2n) is 6.09. The maximum absolute atomic E-state index is 12.8. The van der Waals surface area contributed by atoms with Crippen molar-refractivity contribution in [2.75, 3.05) is 9.44 Å². The van der Waals surface area contributed by atoms with Crippen LogP contribution in [-0.2, 0) is 20.0 Å². The molecule has 0 unspecified atom stereocenters. The smallest absolute Gasteiger partial charge is 0.263 e. The van der Waals surface area contributed by atoms with E-state index in [-0.39, 0.29) is 26.3 Å². The maximum Gasteiger partial charge on any atom is 0.263 e. The van der Waals surface area contributed by atoms with Crippen LogP contribution in [0, 0.1) is 0 Å². The second kappa shape index (κ2) is 9.09. The molecule has 3 aromatic carbocycles. The Hall–Kier alpha value is -2.52. The average molecular weight is 483 g/mol. The number of hydrogen-bond acceptors (Lipinski definition) is 4. The van der Waals surface area contributed by atoms with E-state index in [0.717, 1.165) is 11.5 Å². The van der Waals surface area contributed by atoms with Gasteiger partial charge in [0, 0.05) is 0 Å². The van der Waals surface area contributed by atoms with Crippen LogP contribution in [-0.4, -0.2) is 16.8 Å². The highest BCUT2D eigenvalue weighted by molar-refractivity contribution is 7.95. The topological polar surface area (TPSA) is 92.3 Å². The van der Waals surface area contributed by atoms with Crippen molar-refractivity contribution in [3.63, 3.8) is 0 Å². The molecule has 6 nitrogen and oxygen atoms in total. The number of anilines is 2. The summed E-state index contributed by atoms with van der Waals surface area (Å²) in [5.74, 6) is 0. The number of para-hydroxylation sites is 1. The zero-order valence-corrected chi connectivity index (χ0v) is 18.4. The predicted molar refractivity (Wildman–Crippen MR) is 122 cm³/mol. The van der Waals surface area contributed by atoms with Gasteiger partial charge in [0.25, 0.3) is 20.0 Å². The molecule has 0 aliphatic rings. The number of rotatable bonds is 7. The summed E-state index contributed by atoms with van der Waals surface area (Å²) in [6, 6.07) is 19.0. The van der Waals surface area contributed by atoms with Crippen molar-refractivity contribution in [1.82, 2.24) is 0 Å². The zero-order chi connectivity index (χ0) is 21.8. The molecule has 2 N–H and O–H groups in total. The average Bonchev–Trinajstić information content (AvgIpc) is 2.70. The number of benzene rings is 3. The first-order valence-corrected chi connectivity index (χ1v) is 12.3. The van der Waals surface area contributed by atoms with Crippen LogP contribution in [0.15, 0.2) is 83.1 Å². The summed E-state index contributed by atoms with van der Waals surface area (Å²) < 4.78 is 54.9. The molecule has 0 fully saturated rings. The molecule has 0 heterocycles. The van der Waals surface area contributed by atoms with Gasteiger partial charge in [-0.2, -0.15) is 0 Å². The van der Waals surface area contributed by atoms with E-state index in [4.69, 9.17) is 23.2 Å². The highest BCUT2D eigenvalue weighted by Gasteiger charge is 2.20. The fourth-order valence-electron chi connectivity index (χ4n) is 2.45. The van der Waals surface area contributed by atoms with Crippen LogP contribution in [0.25, 0.3) is 6.08 Å². The molecular weight excluding hydrogens is 467 g/mol. The van der Waals surface area contributed by atoms with E-state index in [1.165, 1.54) is 30.3 Å². The third-order valence-electron chi connectivity index (χ3n) is 3.84. The summed E-state index contributed by atoms with van der Waals surface area (Å²) >= 11 is 12.1. The van der Waals surface area contributed by atoms with Crippen LogP contribution in [0.5, 0.6) is 0 Å². The van der Waals surface area contributed by atoms with Crippen LogP contribution in [0.4, 0.5) is 11.4 Å². The molecule has 3 rings (SSSR count). The molecule has 0 atom stereocenters. The van der Waals surface area contributed by atoms with Crippen LogP contribution in [0.3, 0.4) is 0 Å². The molecule has 0 bridgehead atoms. The first kappa shape index (κ1) is 22.2. The van der Waals surface area contributed by atoms with Gasteiger partial charge in [-0.1, -0.05) is 65.7 Å². The van der Waals surface area contributed by atoms with Crippen molar-refractivity contribution in [2.45, 2.75) is 4.90 Å². The lowest BCUT2D eigenvalue weighted by Crippen LogP contribution is -2.15. The Morgan fingerprint density at radius 1 is 0.733 bits per heavy atom. The van der Waals surface area contributed by atoms with Crippen molar-refractivity contribution in [3.8, 4) is 0 Å². The Kier molecular flexibility index (Phi) is 6.72. The molecule has 0 saturated carbocycles. The normalized spacial score (nSPS) is 12.1. The molecule has 0 spiro atoms. The minimum absolute atomic E-state index is 0.0386. The summed E-state index contributed by atoms with van der Waals surface area (Å²) in [4.78, 5) is -0.295. The third-order valence-corrected chi connectivity index (χ3v) is 7.03. The fourth-order valence-corrected chi connectivity index (χ4v) is 5.15. The lowest BCUT2D eigenvalue weighted by Gasteiger charge is -2.12. The summed E-state index contributed by atoms with van der Waals surface area (Å²) in [6.07, 6.45) is 1.43. The number of nitrogens with one attached hydrogen (secondary N) is 2. The molecule has 3 aromatic rings. The van der Waals surface area contributed by atoms with Crippen molar-refractivity contribution < 1.29 is 16.8 Å². The van der Waals surface area contributed by atoms with Gasteiger partial charge in [-0.3, -0.25) is 9.44 Å². The monoisotopic (exact) mass is 482 g/mol. The first-order valence-electron chi connectivity index (χ1n) is 8.49. The standard InChI is InChI=1S/C20H16Cl2N2O4S2/c21-17-8-4-5-9-19(17)24-30(27,28)20-14-16(10-11-18(20)22)23-29(25,26)13-12-15-6-2-1-3-7-15/h1-14,23-24H. The molecule has 0 aliphatic heterocycles. The molecule has 0 aromatic heterocycles. The van der Waals surface area contributed by atoms with E-state index in [0.29, 0.717) is 5.56 Å². The summed E-state index contributed by atoms with van der Waals surface area (Å²) in [6.45, 7) is 0. The lowest BCUT2D eigenvalue weighted by molar-refractivity contribution is 0.600. The van der Waals surface area contributed by atoms with Gasteiger partial charge in [0.1, 0.15) is 4.90 Å². The summed E-state index contributed by atoms with van der Waals surface area (Å²) in [5.41, 5.74) is 0.912. The molecular formula is C20H16Cl2N2O4S2. The quantitative estimate of drug-likeness (QED) is 0.483. The second-order valence-corrected chi connectivity index (χ2v) is 10.1. The molecule has 10 heteroatoms. The van der Waals surface area contributed by atoms with E-state index >= 15 is 0 Å². The Morgan fingerprint density at radius 3 is 2.10 bits per heavy atom. The molecule has 30 heavy (non-hydrogen) atoms. The van der Waals surface area contributed by atoms with Gasteiger partial charge >= 0.3 is 0 Å². The molecule has 0 radical (unpaired) electrons. The van der Waals surface area contributed by atoms with Gasteiger partial charge < -0.3 is 0 Å². The molecule has 0 saturated heterocycles. The molecule has 0 amide bonds. The van der Waals surface area contributed by atoms with Gasteiger partial charge in [-0.25, -0.2) is 16.8 Å². The minimum atomic E-state index is -4.12. The summed E-state index contributed by atoms with van der Waals surface area (Å²) in [5, 5.41) is 1.13. The Morgan fingerprint density at radius 2 is 1.40 bits per heavy atom. The number of hydrogen-bond donors (Lipinski definition) is 2. The van der Waals surface area contributed by atoms with E-state index in [1.54, 1.807) is 36.4 Å². The van der Waals surface area contributed by atoms with E-state index in [9.17, 15) is 16.8 Å². The predicted octanol–water partition coefficient (Wildman–Crippen LogP) is 5.21. The number of halogens is 2. The van der Waals surface area contributed by atoms with E-state index in [2.05, 4.69) is 9.44 Å². The van der Waals surface area contributed by atoms with Crippen molar-refractivity contribution in [1.29, 1.82) is 0 Å². The minimum Gasteiger partial charge on any atom is -0.280 e. The van der Waals surface area contributed by atoms with Gasteiger partial charge in [0.15, 0.2) is 0 Å². The van der Waals surface area contributed by atoms with Crippen LogP contribution >= 0.6 is 23.2 Å². The maximum atomic E-state index is 12.8. The van der Waals surface area contributed by atoms with E-state index < -0.39 is 20.0 Å². The van der Waals surface area contributed by atoms with Gasteiger partial charge in [0.2, 0.25) is 0 Å². The van der Waals surface area contributed by atoms with Crippen LogP contribution < -0.4 is 9.44 Å². The zero-order valence-electron chi connectivity index (χ0n) is 15.3. The fraction of sp³-hybridized carbons (Fsp3) is 0. The van der Waals surface area contributed by atoms with Crippen molar-refractivity contribution in [2.24, 2.45) is 0 Å². The van der Waals surface area contributed by atoms with Gasteiger partial charge in [0.05, 0.1) is 26.8 Å². The van der Waals surface area contributed by atoms with Crippen molar-refractivity contribution in [3.05, 3.63) is 93.8 Å². The van der Waals surface area contributed by atoms with E-state index in [1.807, 2.05) is 6.07 Å². The van der Waals surface area contributed by atoms with Crippen LogP contribution in [0.1, 0.15) is 5.56 Å². The molecule has 156 valence electrons. The number of sulfonamides is 2. The Labute approximate surface area is 185 Å². The molecule has 0 aliphatic carbocycles. The van der Waals surface area contributed by atoms with Gasteiger partial charge in [-0.05, 0) is 42.0 Å². The Bertz CT molecular complexity index is 1290. The first-order chi connectivity index (χ1) is 14.2. The third kappa shape index (κ3) is 5.76. The van der Waals surface area contributed by atoms with Crippen LogP contribution in [0.2, 0.25) is 10.0 Å². The Balaban J connectivity index is 1.86. The van der Waals surface area contributed by atoms with Gasteiger partial charge in [-0.15, -0.1) is 0 Å². The highest BCUT2D eigenvalue weighted by atomic mass is 35.5.